The van der Waals surface area contributed by atoms with Crippen LogP contribution >= 0.6 is 24.0 Å². The van der Waals surface area contributed by atoms with E-state index >= 15 is 0 Å². The number of halogens is 2. The van der Waals surface area contributed by atoms with Gasteiger partial charge >= 0.3 is 0 Å². The van der Waals surface area contributed by atoms with Crippen LogP contribution in [0, 0.1) is 6.92 Å². The summed E-state index contributed by atoms with van der Waals surface area (Å²) >= 11 is 5.53. The first-order valence-electron chi connectivity index (χ1n) is 2.58. The molecule has 0 atom stereocenters. The van der Waals surface area contributed by atoms with Crippen molar-refractivity contribution in [3.63, 3.8) is 0 Å². The van der Waals surface area contributed by atoms with Crippen LogP contribution in [0.25, 0.3) is 0 Å². The molecule has 1 rings (SSSR count). The van der Waals surface area contributed by atoms with Gasteiger partial charge in [0.2, 0.25) is 0 Å². The van der Waals surface area contributed by atoms with E-state index in [2.05, 4.69) is 4.98 Å². The zero-order chi connectivity index (χ0) is 6.85. The van der Waals surface area contributed by atoms with Crippen molar-refractivity contribution < 1.29 is 0 Å². The van der Waals surface area contributed by atoms with Gasteiger partial charge in [-0.1, -0.05) is 11.6 Å². The number of rotatable bonds is 0. The highest BCUT2D eigenvalue weighted by atomic mass is 35.5. The number of anilines is 1. The summed E-state index contributed by atoms with van der Waals surface area (Å²) in [6.07, 6.45) is 1.65. The van der Waals surface area contributed by atoms with Crippen LogP contribution < -0.4 is 5.73 Å². The maximum Gasteiger partial charge on any atom is 0.131 e. The van der Waals surface area contributed by atoms with Crippen molar-refractivity contribution in [3.8, 4) is 0 Å². The quantitative estimate of drug-likeness (QED) is 0.619. The van der Waals surface area contributed by atoms with Gasteiger partial charge in [-0.25, -0.2) is 4.98 Å². The van der Waals surface area contributed by atoms with Crippen molar-refractivity contribution >= 4 is 29.7 Å². The van der Waals surface area contributed by atoms with Crippen molar-refractivity contribution in [1.82, 2.24) is 4.98 Å². The Kier molecular flexibility index (Phi) is 3.47. The number of hydrogen-bond donors (Lipinski definition) is 1. The van der Waals surface area contributed by atoms with Crippen molar-refractivity contribution in [2.45, 2.75) is 6.92 Å². The number of aryl methyl sites for hydroxylation is 1. The van der Waals surface area contributed by atoms with E-state index in [0.29, 0.717) is 10.8 Å². The summed E-state index contributed by atoms with van der Waals surface area (Å²) in [5, 5.41) is 0.443. The third kappa shape index (κ3) is 2.05. The second-order valence-corrected chi connectivity index (χ2v) is 2.25. The number of nitrogen functional groups attached to an aromatic ring is 1. The van der Waals surface area contributed by atoms with Crippen LogP contribution in [0.1, 0.15) is 5.56 Å². The van der Waals surface area contributed by atoms with Crippen LogP contribution in [-0.4, -0.2) is 4.98 Å². The Balaban J connectivity index is 0.000000810. The summed E-state index contributed by atoms with van der Waals surface area (Å²) in [6, 6.07) is 1.64. The highest BCUT2D eigenvalue weighted by Crippen LogP contribution is 2.12. The summed E-state index contributed by atoms with van der Waals surface area (Å²) in [5.41, 5.74) is 7.14. The molecule has 0 aliphatic heterocycles. The van der Waals surface area contributed by atoms with Gasteiger partial charge in [0.25, 0.3) is 0 Å². The molecule has 1 heterocycles. The van der Waals surface area contributed by atoms with E-state index in [1.54, 1.807) is 12.3 Å². The van der Waals surface area contributed by atoms with Gasteiger partial charge in [0.1, 0.15) is 5.15 Å². The molecule has 0 amide bonds. The molecule has 0 aliphatic carbocycles. The summed E-state index contributed by atoms with van der Waals surface area (Å²) in [4.78, 5) is 3.82. The first-order valence-corrected chi connectivity index (χ1v) is 2.95. The Morgan fingerprint density at radius 3 is 2.60 bits per heavy atom. The molecule has 2 nitrogen and oxygen atoms in total. The Morgan fingerprint density at radius 1 is 1.60 bits per heavy atom. The molecule has 0 aliphatic rings. The largest absolute Gasteiger partial charge is 0.398 e. The summed E-state index contributed by atoms with van der Waals surface area (Å²) in [5.74, 6) is 0. The lowest BCUT2D eigenvalue weighted by Crippen LogP contribution is -1.89. The molecule has 0 saturated heterocycles. The second kappa shape index (κ2) is 3.64. The normalized spacial score (nSPS) is 8.60. The number of aromatic nitrogens is 1. The van der Waals surface area contributed by atoms with Crippen molar-refractivity contribution in [3.05, 3.63) is 23.0 Å². The van der Waals surface area contributed by atoms with E-state index in [0.717, 1.165) is 5.56 Å². The van der Waals surface area contributed by atoms with Crippen LogP contribution in [-0.2, 0) is 0 Å². The molecule has 4 heteroatoms. The van der Waals surface area contributed by atoms with Crippen molar-refractivity contribution in [2.24, 2.45) is 0 Å². The van der Waals surface area contributed by atoms with Gasteiger partial charge in [-0.2, -0.15) is 0 Å². The van der Waals surface area contributed by atoms with Gasteiger partial charge in [-0.3, -0.25) is 0 Å². The van der Waals surface area contributed by atoms with Gasteiger partial charge in [0.15, 0.2) is 0 Å². The van der Waals surface area contributed by atoms with Gasteiger partial charge < -0.3 is 5.73 Å². The zero-order valence-electron chi connectivity index (χ0n) is 5.47. The molecule has 0 unspecified atom stereocenters. The number of nitrogens with two attached hydrogens (primary N) is 1. The maximum atomic E-state index is 5.53. The van der Waals surface area contributed by atoms with E-state index in [4.69, 9.17) is 17.3 Å². The summed E-state index contributed by atoms with van der Waals surface area (Å²) in [6.45, 7) is 1.89. The topological polar surface area (TPSA) is 38.9 Å². The maximum absolute atomic E-state index is 5.53. The number of pyridine rings is 1. The lowest BCUT2D eigenvalue weighted by Gasteiger charge is -1.96. The minimum absolute atomic E-state index is 0. The van der Waals surface area contributed by atoms with Crippen LogP contribution in [0.15, 0.2) is 12.3 Å². The molecule has 0 fully saturated rings. The molecule has 0 saturated carbocycles. The Morgan fingerprint density at radius 2 is 2.20 bits per heavy atom. The van der Waals surface area contributed by atoms with Gasteiger partial charge in [-0.15, -0.1) is 12.4 Å². The molecule has 0 radical (unpaired) electrons. The smallest absolute Gasteiger partial charge is 0.131 e. The fraction of sp³-hybridized carbons (Fsp3) is 0.167. The van der Waals surface area contributed by atoms with Gasteiger partial charge in [0.05, 0.1) is 0 Å². The molecule has 10 heavy (non-hydrogen) atoms. The monoisotopic (exact) mass is 178 g/mol. The summed E-state index contributed by atoms with van der Waals surface area (Å²) < 4.78 is 0. The fourth-order valence-electron chi connectivity index (χ4n) is 0.512. The Bertz CT molecular complexity index is 225. The van der Waals surface area contributed by atoms with E-state index in [1.165, 1.54) is 0 Å². The molecule has 2 N–H and O–H groups in total. The Labute approximate surface area is 70.8 Å². The predicted molar refractivity (Wildman–Crippen MR) is 45.6 cm³/mol. The minimum atomic E-state index is 0. The van der Waals surface area contributed by atoms with E-state index in [9.17, 15) is 0 Å². The third-order valence-corrected chi connectivity index (χ3v) is 1.32. The second-order valence-electron chi connectivity index (χ2n) is 1.86. The van der Waals surface area contributed by atoms with Crippen LogP contribution in [0.3, 0.4) is 0 Å². The number of nitrogens with zero attached hydrogens (tertiary/aromatic N) is 1. The molecule has 0 aromatic carbocycles. The molecule has 0 bridgehead atoms. The van der Waals surface area contributed by atoms with Crippen molar-refractivity contribution in [1.29, 1.82) is 0 Å². The predicted octanol–water partition coefficient (Wildman–Crippen LogP) is 2.05. The van der Waals surface area contributed by atoms with E-state index in [-0.39, 0.29) is 12.4 Å². The van der Waals surface area contributed by atoms with Crippen LogP contribution in [0.4, 0.5) is 5.69 Å². The van der Waals surface area contributed by atoms with E-state index < -0.39 is 0 Å². The molecular weight excluding hydrogens is 171 g/mol. The molecule has 56 valence electrons. The Hall–Kier alpha value is -0.470. The SMILES string of the molecule is Cc1cnc(Cl)cc1N.Cl. The molecule has 1 aromatic heterocycles. The number of hydrogen-bond acceptors (Lipinski definition) is 2. The lowest BCUT2D eigenvalue weighted by atomic mass is 10.3. The van der Waals surface area contributed by atoms with Crippen LogP contribution in [0.5, 0.6) is 0 Å². The van der Waals surface area contributed by atoms with E-state index in [1.807, 2.05) is 6.92 Å². The van der Waals surface area contributed by atoms with Gasteiger partial charge in [0, 0.05) is 11.9 Å². The average molecular weight is 179 g/mol. The first-order chi connectivity index (χ1) is 4.20. The molecule has 0 spiro atoms. The molecule has 1 aromatic rings. The molecular formula is C6H8Cl2N2. The highest BCUT2D eigenvalue weighted by Gasteiger charge is 1.92. The van der Waals surface area contributed by atoms with Crippen molar-refractivity contribution in [2.75, 3.05) is 5.73 Å². The zero-order valence-corrected chi connectivity index (χ0v) is 7.04. The third-order valence-electron chi connectivity index (χ3n) is 1.11. The van der Waals surface area contributed by atoms with Gasteiger partial charge in [-0.05, 0) is 18.6 Å². The average Bonchev–Trinajstić information content (AvgIpc) is 1.80. The standard InChI is InChI=1S/C6H7ClN2.ClH/c1-4-3-9-6(7)2-5(4)8;/h2-3H,1H3,(H2,8,9);1H. The highest BCUT2D eigenvalue weighted by molar-refractivity contribution is 6.29. The lowest BCUT2D eigenvalue weighted by molar-refractivity contribution is 1.27. The van der Waals surface area contributed by atoms with Crippen LogP contribution in [0.2, 0.25) is 5.15 Å². The first kappa shape index (κ1) is 9.53. The summed E-state index contributed by atoms with van der Waals surface area (Å²) in [7, 11) is 0. The minimum Gasteiger partial charge on any atom is -0.398 e. The fourth-order valence-corrected chi connectivity index (χ4v) is 0.679.